The maximum Gasteiger partial charge on any atom is 0.342 e. The van der Waals surface area contributed by atoms with Crippen molar-refractivity contribution in [1.29, 1.82) is 0 Å². The predicted molar refractivity (Wildman–Crippen MR) is 56.9 cm³/mol. The molecule has 0 bridgehead atoms. The molecule has 2 N–H and O–H groups in total. The van der Waals surface area contributed by atoms with Crippen LogP contribution in [0.1, 0.15) is 38.6 Å². The number of nitrogens with zero attached hydrogens (tertiary/aromatic N) is 1. The summed E-state index contributed by atoms with van der Waals surface area (Å²) in [7, 11) is 0. The van der Waals surface area contributed by atoms with E-state index in [-0.39, 0.29) is 11.7 Å². The van der Waals surface area contributed by atoms with Gasteiger partial charge in [0.1, 0.15) is 0 Å². The second kappa shape index (κ2) is 3.73. The molecule has 4 nitrogen and oxygen atoms in total. The molecule has 1 aliphatic carbocycles. The molecule has 0 spiro atoms. The van der Waals surface area contributed by atoms with Gasteiger partial charge in [0.05, 0.1) is 0 Å². The van der Waals surface area contributed by atoms with Gasteiger partial charge in [-0.15, -0.1) is 0 Å². The van der Waals surface area contributed by atoms with Crippen molar-refractivity contribution >= 4 is 12.2 Å². The highest BCUT2D eigenvalue weighted by atomic mass is 32.1. The normalized spacial score (nSPS) is 27.8. The zero-order valence-corrected chi connectivity index (χ0v) is 9.06. The fraction of sp³-hybridized carbons (Fsp3) is 0.778. The van der Waals surface area contributed by atoms with E-state index in [1.54, 1.807) is 4.57 Å². The summed E-state index contributed by atoms with van der Waals surface area (Å²) in [4.78, 5) is 11.5. The average molecular weight is 213 g/mol. The van der Waals surface area contributed by atoms with Gasteiger partial charge in [-0.05, 0) is 31.0 Å². The molecule has 1 heterocycles. The molecule has 2 unspecified atom stereocenters. The van der Waals surface area contributed by atoms with Crippen LogP contribution in [-0.4, -0.2) is 14.8 Å². The van der Waals surface area contributed by atoms with Crippen LogP contribution in [0.2, 0.25) is 0 Å². The quantitative estimate of drug-likeness (QED) is 0.701. The molecule has 0 radical (unpaired) electrons. The number of hydrogen-bond donors (Lipinski definition) is 2. The average Bonchev–Trinajstić information content (AvgIpc) is 2.48. The number of aromatic amines is 2. The molecular weight excluding hydrogens is 198 g/mol. The molecule has 14 heavy (non-hydrogen) atoms. The molecule has 0 aliphatic heterocycles. The minimum Gasteiger partial charge on any atom is -0.272 e. The van der Waals surface area contributed by atoms with Crippen LogP contribution in [0.15, 0.2) is 4.79 Å². The van der Waals surface area contributed by atoms with Gasteiger partial charge in [-0.25, -0.2) is 9.89 Å². The number of nitrogens with one attached hydrogen (secondary N) is 2. The molecule has 0 amide bonds. The third-order valence-electron chi connectivity index (χ3n) is 3.11. The van der Waals surface area contributed by atoms with Crippen molar-refractivity contribution < 1.29 is 0 Å². The van der Waals surface area contributed by atoms with Crippen LogP contribution >= 0.6 is 12.2 Å². The molecule has 0 aromatic carbocycles. The van der Waals surface area contributed by atoms with E-state index < -0.39 is 0 Å². The first-order chi connectivity index (χ1) is 6.70. The van der Waals surface area contributed by atoms with Crippen LogP contribution in [0.5, 0.6) is 0 Å². The molecular formula is C9H15N3OS. The molecule has 1 fully saturated rings. The predicted octanol–water partition coefficient (Wildman–Crippen LogP) is 1.99. The maximum absolute atomic E-state index is 11.5. The molecule has 2 atom stereocenters. The van der Waals surface area contributed by atoms with Gasteiger partial charge >= 0.3 is 5.69 Å². The van der Waals surface area contributed by atoms with Crippen molar-refractivity contribution in [2.24, 2.45) is 5.92 Å². The Morgan fingerprint density at radius 1 is 1.36 bits per heavy atom. The number of H-pyrrole nitrogens is 2. The monoisotopic (exact) mass is 213 g/mol. The zero-order valence-electron chi connectivity index (χ0n) is 8.25. The summed E-state index contributed by atoms with van der Waals surface area (Å²) in [5, 5.41) is 5.23. The van der Waals surface area contributed by atoms with Crippen molar-refractivity contribution in [3.05, 3.63) is 15.3 Å². The Bertz CT molecular complexity index is 389. The van der Waals surface area contributed by atoms with Gasteiger partial charge in [0.25, 0.3) is 0 Å². The molecule has 0 saturated heterocycles. The standard InChI is InChI=1S/C9H15N3OS/c1-6-4-2-3-5-7(6)12-8(13)10-11-9(12)14/h6-7H,2-5H2,1H3,(H,10,13)(H,11,14). The van der Waals surface area contributed by atoms with E-state index in [0.29, 0.717) is 10.7 Å². The molecule has 1 saturated carbocycles. The van der Waals surface area contributed by atoms with E-state index in [1.807, 2.05) is 0 Å². The lowest BCUT2D eigenvalue weighted by Gasteiger charge is -2.28. The van der Waals surface area contributed by atoms with Gasteiger partial charge < -0.3 is 0 Å². The first kappa shape index (κ1) is 9.71. The van der Waals surface area contributed by atoms with E-state index in [9.17, 15) is 4.79 Å². The molecule has 1 aliphatic rings. The fourth-order valence-electron chi connectivity index (χ4n) is 2.30. The number of rotatable bonds is 1. The second-order valence-corrected chi connectivity index (χ2v) is 4.45. The van der Waals surface area contributed by atoms with Crippen LogP contribution in [-0.2, 0) is 0 Å². The van der Waals surface area contributed by atoms with Crippen molar-refractivity contribution in [1.82, 2.24) is 14.8 Å². The Morgan fingerprint density at radius 3 is 2.64 bits per heavy atom. The van der Waals surface area contributed by atoms with Crippen LogP contribution in [0.4, 0.5) is 0 Å². The zero-order chi connectivity index (χ0) is 10.1. The van der Waals surface area contributed by atoms with Gasteiger partial charge in [-0.1, -0.05) is 19.8 Å². The third kappa shape index (κ3) is 1.56. The summed E-state index contributed by atoms with van der Waals surface area (Å²) >= 11 is 5.08. The Morgan fingerprint density at radius 2 is 2.07 bits per heavy atom. The SMILES string of the molecule is CC1CCCCC1n1c(=O)[nH][nH]c1=S. The Balaban J connectivity index is 2.38. The summed E-state index contributed by atoms with van der Waals surface area (Å²) in [6.45, 7) is 2.19. The van der Waals surface area contributed by atoms with Crippen LogP contribution < -0.4 is 5.69 Å². The maximum atomic E-state index is 11.5. The van der Waals surface area contributed by atoms with Gasteiger partial charge in [0.2, 0.25) is 0 Å². The first-order valence-electron chi connectivity index (χ1n) is 5.09. The van der Waals surface area contributed by atoms with Crippen molar-refractivity contribution in [2.45, 2.75) is 38.6 Å². The highest BCUT2D eigenvalue weighted by molar-refractivity contribution is 7.71. The Kier molecular flexibility index (Phi) is 2.58. The Labute approximate surface area is 87.3 Å². The summed E-state index contributed by atoms with van der Waals surface area (Å²) in [5.41, 5.74) is -0.103. The number of aromatic nitrogens is 3. The molecule has 1 aromatic heterocycles. The summed E-state index contributed by atoms with van der Waals surface area (Å²) in [6, 6.07) is 0.284. The lowest BCUT2D eigenvalue weighted by Crippen LogP contribution is -2.29. The van der Waals surface area contributed by atoms with Crippen molar-refractivity contribution in [3.63, 3.8) is 0 Å². The van der Waals surface area contributed by atoms with Crippen LogP contribution in [0, 0.1) is 10.7 Å². The summed E-state index contributed by atoms with van der Waals surface area (Å²) < 4.78 is 2.22. The highest BCUT2D eigenvalue weighted by Crippen LogP contribution is 2.32. The summed E-state index contributed by atoms with van der Waals surface area (Å²) in [6.07, 6.45) is 4.72. The third-order valence-corrected chi connectivity index (χ3v) is 3.41. The molecule has 1 aromatic rings. The van der Waals surface area contributed by atoms with E-state index in [1.165, 1.54) is 19.3 Å². The van der Waals surface area contributed by atoms with Crippen molar-refractivity contribution in [2.75, 3.05) is 0 Å². The summed E-state index contributed by atoms with van der Waals surface area (Å²) in [5.74, 6) is 0.548. The van der Waals surface area contributed by atoms with E-state index in [0.717, 1.165) is 6.42 Å². The van der Waals surface area contributed by atoms with E-state index in [2.05, 4.69) is 17.1 Å². The minimum absolute atomic E-state index is 0.103. The minimum atomic E-state index is -0.103. The number of hydrogen-bond acceptors (Lipinski definition) is 2. The molecule has 5 heteroatoms. The van der Waals surface area contributed by atoms with Crippen LogP contribution in [0.3, 0.4) is 0 Å². The van der Waals surface area contributed by atoms with Gasteiger partial charge in [0.15, 0.2) is 4.77 Å². The van der Waals surface area contributed by atoms with Gasteiger partial charge in [-0.2, -0.15) is 0 Å². The van der Waals surface area contributed by atoms with E-state index in [4.69, 9.17) is 12.2 Å². The first-order valence-corrected chi connectivity index (χ1v) is 5.50. The molecule has 2 rings (SSSR count). The fourth-order valence-corrected chi connectivity index (χ4v) is 2.57. The lowest BCUT2D eigenvalue weighted by molar-refractivity contribution is 0.250. The largest absolute Gasteiger partial charge is 0.342 e. The van der Waals surface area contributed by atoms with Crippen LogP contribution in [0.25, 0.3) is 0 Å². The Hall–Kier alpha value is -0.840. The van der Waals surface area contributed by atoms with Crippen molar-refractivity contribution in [3.8, 4) is 0 Å². The smallest absolute Gasteiger partial charge is 0.272 e. The van der Waals surface area contributed by atoms with Gasteiger partial charge in [-0.3, -0.25) is 9.67 Å². The highest BCUT2D eigenvalue weighted by Gasteiger charge is 2.24. The second-order valence-electron chi connectivity index (χ2n) is 4.06. The lowest BCUT2D eigenvalue weighted by atomic mass is 9.86. The topological polar surface area (TPSA) is 53.6 Å². The van der Waals surface area contributed by atoms with Gasteiger partial charge in [0, 0.05) is 6.04 Å². The molecule has 78 valence electrons. The van der Waals surface area contributed by atoms with E-state index >= 15 is 0 Å².